The fraction of sp³-hybridized carbons (Fsp3) is 0.538. The highest BCUT2D eigenvalue weighted by molar-refractivity contribution is 5.91. The van der Waals surface area contributed by atoms with Crippen LogP contribution in [0.25, 0.3) is 0 Å². The van der Waals surface area contributed by atoms with E-state index in [1.807, 2.05) is 6.07 Å². The first-order valence-electron chi connectivity index (χ1n) is 6.69. The van der Waals surface area contributed by atoms with Crippen molar-refractivity contribution in [3.8, 4) is 0 Å². The SMILES string of the molecule is NC(=O)c1cccc(NCCCN2CCNCC2)n1. The van der Waals surface area contributed by atoms with Gasteiger partial charge in [-0.3, -0.25) is 4.79 Å². The predicted octanol–water partition coefficient (Wildman–Crippen LogP) is -0.112. The molecule has 0 spiro atoms. The molecule has 2 heterocycles. The van der Waals surface area contributed by atoms with E-state index in [2.05, 4.69) is 20.5 Å². The van der Waals surface area contributed by atoms with Crippen LogP contribution < -0.4 is 16.4 Å². The zero-order chi connectivity index (χ0) is 13.5. The summed E-state index contributed by atoms with van der Waals surface area (Å²) in [6.45, 7) is 6.33. The molecule has 104 valence electrons. The molecule has 0 aromatic carbocycles. The second kappa shape index (κ2) is 7.06. The third-order valence-corrected chi connectivity index (χ3v) is 3.17. The summed E-state index contributed by atoms with van der Waals surface area (Å²) in [4.78, 5) is 17.6. The predicted molar refractivity (Wildman–Crippen MR) is 75.2 cm³/mol. The molecule has 0 saturated carbocycles. The van der Waals surface area contributed by atoms with Crippen LogP contribution in [0.1, 0.15) is 16.9 Å². The number of hydrogen-bond acceptors (Lipinski definition) is 5. The summed E-state index contributed by atoms with van der Waals surface area (Å²) in [5.41, 5.74) is 5.49. The molecule has 0 bridgehead atoms. The van der Waals surface area contributed by atoms with Gasteiger partial charge in [0.1, 0.15) is 11.5 Å². The van der Waals surface area contributed by atoms with Crippen LogP contribution in [-0.2, 0) is 0 Å². The Morgan fingerprint density at radius 2 is 2.21 bits per heavy atom. The molecule has 1 aromatic heterocycles. The number of carbonyl (C=O) groups excluding carboxylic acids is 1. The number of nitrogens with zero attached hydrogens (tertiary/aromatic N) is 2. The van der Waals surface area contributed by atoms with Crippen molar-refractivity contribution in [1.29, 1.82) is 0 Å². The molecule has 0 atom stereocenters. The number of rotatable bonds is 6. The quantitative estimate of drug-likeness (QED) is 0.624. The van der Waals surface area contributed by atoms with Gasteiger partial charge >= 0.3 is 0 Å². The number of nitrogens with two attached hydrogens (primary N) is 1. The van der Waals surface area contributed by atoms with Gasteiger partial charge in [-0.1, -0.05) is 6.07 Å². The first kappa shape index (κ1) is 13.8. The lowest BCUT2D eigenvalue weighted by molar-refractivity contribution is 0.0995. The summed E-state index contributed by atoms with van der Waals surface area (Å²) < 4.78 is 0. The van der Waals surface area contributed by atoms with Crippen molar-refractivity contribution >= 4 is 11.7 Å². The molecular weight excluding hydrogens is 242 g/mol. The van der Waals surface area contributed by atoms with Crippen molar-refractivity contribution in [2.75, 3.05) is 44.6 Å². The number of piperazine rings is 1. The summed E-state index contributed by atoms with van der Waals surface area (Å²) in [5, 5.41) is 6.56. The topological polar surface area (TPSA) is 83.3 Å². The summed E-state index contributed by atoms with van der Waals surface area (Å²) in [5.74, 6) is 0.209. The number of nitrogens with one attached hydrogen (secondary N) is 2. The maximum atomic E-state index is 11.0. The lowest BCUT2D eigenvalue weighted by Gasteiger charge is -2.27. The van der Waals surface area contributed by atoms with Crippen LogP contribution in [0.4, 0.5) is 5.82 Å². The highest BCUT2D eigenvalue weighted by Crippen LogP contribution is 2.04. The largest absolute Gasteiger partial charge is 0.370 e. The van der Waals surface area contributed by atoms with Crippen molar-refractivity contribution in [2.45, 2.75) is 6.42 Å². The molecular formula is C13H21N5O. The van der Waals surface area contributed by atoms with Crippen LogP contribution in [0, 0.1) is 0 Å². The van der Waals surface area contributed by atoms with Crippen LogP contribution in [0.2, 0.25) is 0 Å². The zero-order valence-corrected chi connectivity index (χ0v) is 11.1. The summed E-state index contributed by atoms with van der Waals surface area (Å²) in [7, 11) is 0. The molecule has 19 heavy (non-hydrogen) atoms. The molecule has 1 aliphatic rings. The van der Waals surface area contributed by atoms with Gasteiger partial charge in [-0.25, -0.2) is 4.98 Å². The normalized spacial score (nSPS) is 16.2. The third-order valence-electron chi connectivity index (χ3n) is 3.17. The average Bonchev–Trinajstić information content (AvgIpc) is 2.45. The maximum absolute atomic E-state index is 11.0. The summed E-state index contributed by atoms with van der Waals surface area (Å²) in [6, 6.07) is 5.25. The minimum absolute atomic E-state index is 0.298. The number of amides is 1. The van der Waals surface area contributed by atoms with Crippen LogP contribution >= 0.6 is 0 Å². The van der Waals surface area contributed by atoms with Crippen LogP contribution in [0.5, 0.6) is 0 Å². The van der Waals surface area contributed by atoms with Crippen LogP contribution in [-0.4, -0.2) is 55.1 Å². The molecule has 1 aliphatic heterocycles. The Labute approximate surface area is 113 Å². The number of anilines is 1. The molecule has 0 radical (unpaired) electrons. The Morgan fingerprint density at radius 3 is 2.95 bits per heavy atom. The molecule has 0 unspecified atom stereocenters. The molecule has 2 rings (SSSR count). The van der Waals surface area contributed by atoms with Gasteiger partial charge in [0.2, 0.25) is 0 Å². The number of primary amides is 1. The monoisotopic (exact) mass is 263 g/mol. The fourth-order valence-electron chi connectivity index (χ4n) is 2.12. The Bertz CT molecular complexity index is 417. The molecule has 1 aromatic rings. The Morgan fingerprint density at radius 1 is 1.42 bits per heavy atom. The first-order chi connectivity index (χ1) is 9.25. The van der Waals surface area contributed by atoms with Gasteiger partial charge in [-0.15, -0.1) is 0 Å². The minimum atomic E-state index is -0.496. The zero-order valence-electron chi connectivity index (χ0n) is 11.1. The summed E-state index contributed by atoms with van der Waals surface area (Å²) >= 11 is 0. The highest BCUT2D eigenvalue weighted by atomic mass is 16.1. The molecule has 0 aliphatic carbocycles. The second-order valence-corrected chi connectivity index (χ2v) is 4.64. The van der Waals surface area contributed by atoms with E-state index in [0.717, 1.165) is 45.7 Å². The minimum Gasteiger partial charge on any atom is -0.370 e. The Kier molecular flexibility index (Phi) is 5.11. The number of hydrogen-bond donors (Lipinski definition) is 3. The molecule has 6 heteroatoms. The third kappa shape index (κ3) is 4.50. The highest BCUT2D eigenvalue weighted by Gasteiger charge is 2.08. The molecule has 1 saturated heterocycles. The molecule has 4 N–H and O–H groups in total. The molecule has 1 amide bonds. The molecule has 1 fully saturated rings. The van der Waals surface area contributed by atoms with E-state index in [1.165, 1.54) is 0 Å². The fourth-order valence-corrected chi connectivity index (χ4v) is 2.12. The second-order valence-electron chi connectivity index (χ2n) is 4.64. The van der Waals surface area contributed by atoms with Gasteiger partial charge in [0.05, 0.1) is 0 Å². The van der Waals surface area contributed by atoms with E-state index in [9.17, 15) is 4.79 Å². The Hall–Kier alpha value is -1.66. The van der Waals surface area contributed by atoms with E-state index in [1.54, 1.807) is 12.1 Å². The molecule has 6 nitrogen and oxygen atoms in total. The van der Waals surface area contributed by atoms with Gasteiger partial charge in [0.25, 0.3) is 5.91 Å². The lowest BCUT2D eigenvalue weighted by Crippen LogP contribution is -2.44. The van der Waals surface area contributed by atoms with Gasteiger partial charge in [-0.2, -0.15) is 0 Å². The van der Waals surface area contributed by atoms with Gasteiger partial charge in [0.15, 0.2) is 0 Å². The number of aromatic nitrogens is 1. The van der Waals surface area contributed by atoms with Crippen molar-refractivity contribution in [1.82, 2.24) is 15.2 Å². The summed E-state index contributed by atoms with van der Waals surface area (Å²) in [6.07, 6.45) is 1.06. The van der Waals surface area contributed by atoms with E-state index in [-0.39, 0.29) is 0 Å². The maximum Gasteiger partial charge on any atom is 0.267 e. The van der Waals surface area contributed by atoms with E-state index in [0.29, 0.717) is 11.5 Å². The van der Waals surface area contributed by atoms with Crippen LogP contribution in [0.15, 0.2) is 18.2 Å². The van der Waals surface area contributed by atoms with E-state index >= 15 is 0 Å². The lowest BCUT2D eigenvalue weighted by atomic mass is 10.3. The van der Waals surface area contributed by atoms with Crippen molar-refractivity contribution in [3.63, 3.8) is 0 Å². The van der Waals surface area contributed by atoms with Gasteiger partial charge in [0, 0.05) is 32.7 Å². The van der Waals surface area contributed by atoms with Gasteiger partial charge < -0.3 is 21.3 Å². The smallest absolute Gasteiger partial charge is 0.267 e. The number of pyridine rings is 1. The standard InChI is InChI=1S/C13H21N5O/c14-13(19)11-3-1-4-12(17-11)16-5-2-8-18-9-6-15-7-10-18/h1,3-4,15H,2,5-10H2,(H2,14,19)(H,16,17). The van der Waals surface area contributed by atoms with Crippen LogP contribution in [0.3, 0.4) is 0 Å². The average molecular weight is 263 g/mol. The van der Waals surface area contributed by atoms with Gasteiger partial charge in [-0.05, 0) is 25.1 Å². The van der Waals surface area contributed by atoms with Crippen molar-refractivity contribution in [2.24, 2.45) is 5.73 Å². The first-order valence-corrected chi connectivity index (χ1v) is 6.69. The van der Waals surface area contributed by atoms with E-state index in [4.69, 9.17) is 5.73 Å². The number of carbonyl (C=O) groups is 1. The van der Waals surface area contributed by atoms with E-state index < -0.39 is 5.91 Å². The van der Waals surface area contributed by atoms with Crippen molar-refractivity contribution in [3.05, 3.63) is 23.9 Å². The Balaban J connectivity index is 1.70. The van der Waals surface area contributed by atoms with Crippen molar-refractivity contribution < 1.29 is 4.79 Å².